The normalized spacial score (nSPS) is 10.2. The van der Waals surface area contributed by atoms with Crippen LogP contribution in [0.1, 0.15) is 5.56 Å². The van der Waals surface area contributed by atoms with Gasteiger partial charge in [0.1, 0.15) is 0 Å². The van der Waals surface area contributed by atoms with E-state index in [-0.39, 0.29) is 0 Å². The van der Waals surface area contributed by atoms with E-state index >= 15 is 0 Å². The van der Waals surface area contributed by atoms with Crippen molar-refractivity contribution in [2.45, 2.75) is 6.42 Å². The average molecular weight is 290 g/mol. The van der Waals surface area contributed by atoms with Crippen molar-refractivity contribution in [3.63, 3.8) is 0 Å². The molecule has 0 atom stereocenters. The average Bonchev–Trinajstić information content (AvgIpc) is 2.94. The Morgan fingerprint density at radius 2 is 1.71 bits per heavy atom. The zero-order valence-electron chi connectivity index (χ0n) is 11.4. The second-order valence-electron chi connectivity index (χ2n) is 4.82. The maximum Gasteiger partial charge on any atom is 0.0669 e. The molecule has 0 spiro atoms. The highest BCUT2D eigenvalue weighted by Crippen LogP contribution is 2.32. The second-order valence-corrected chi connectivity index (χ2v) is 5.73. The van der Waals surface area contributed by atoms with Crippen molar-refractivity contribution in [3.8, 4) is 27.6 Å². The molecule has 2 N–H and O–H groups in total. The Morgan fingerprint density at radius 3 is 2.38 bits per heavy atom. The first-order chi connectivity index (χ1) is 10.3. The summed E-state index contributed by atoms with van der Waals surface area (Å²) in [5.74, 6) is 0. The molecule has 3 rings (SSSR count). The van der Waals surface area contributed by atoms with E-state index < -0.39 is 0 Å². The molecule has 0 aliphatic heterocycles. The number of nitriles is 1. The van der Waals surface area contributed by atoms with Crippen molar-refractivity contribution in [1.29, 1.82) is 5.26 Å². The van der Waals surface area contributed by atoms with E-state index in [0.29, 0.717) is 6.42 Å². The summed E-state index contributed by atoms with van der Waals surface area (Å²) in [6, 6.07) is 20.6. The van der Waals surface area contributed by atoms with Crippen LogP contribution < -0.4 is 5.73 Å². The van der Waals surface area contributed by atoms with E-state index in [4.69, 9.17) is 11.0 Å². The maximum atomic E-state index is 8.79. The van der Waals surface area contributed by atoms with Crippen LogP contribution in [0, 0.1) is 11.3 Å². The van der Waals surface area contributed by atoms with Gasteiger partial charge >= 0.3 is 0 Å². The number of nitrogen functional groups attached to an aromatic ring is 1. The van der Waals surface area contributed by atoms with Crippen LogP contribution in [0.4, 0.5) is 5.69 Å². The molecule has 0 aliphatic carbocycles. The van der Waals surface area contributed by atoms with Crippen LogP contribution in [0.2, 0.25) is 0 Å². The Hall–Kier alpha value is -2.57. The predicted molar refractivity (Wildman–Crippen MR) is 88.9 cm³/mol. The largest absolute Gasteiger partial charge is 0.398 e. The van der Waals surface area contributed by atoms with E-state index in [2.05, 4.69) is 42.5 Å². The van der Waals surface area contributed by atoms with Crippen LogP contribution >= 0.6 is 11.3 Å². The Morgan fingerprint density at radius 1 is 0.952 bits per heavy atom. The first kappa shape index (κ1) is 13.4. The third kappa shape index (κ3) is 2.81. The molecule has 1 heterocycles. The van der Waals surface area contributed by atoms with Gasteiger partial charge in [0.2, 0.25) is 0 Å². The molecule has 3 aromatic rings. The van der Waals surface area contributed by atoms with Gasteiger partial charge in [0.25, 0.3) is 0 Å². The van der Waals surface area contributed by atoms with Gasteiger partial charge in [-0.15, -0.1) is 11.3 Å². The molecule has 0 amide bonds. The molecular formula is C18H14N2S. The van der Waals surface area contributed by atoms with Gasteiger partial charge in [0.15, 0.2) is 0 Å². The van der Waals surface area contributed by atoms with E-state index in [1.54, 1.807) is 11.3 Å². The van der Waals surface area contributed by atoms with Gasteiger partial charge < -0.3 is 5.73 Å². The van der Waals surface area contributed by atoms with Crippen molar-refractivity contribution in [3.05, 3.63) is 65.5 Å². The van der Waals surface area contributed by atoms with Crippen molar-refractivity contribution in [2.24, 2.45) is 0 Å². The number of anilines is 1. The zero-order chi connectivity index (χ0) is 14.7. The minimum absolute atomic E-state index is 0.442. The summed E-state index contributed by atoms with van der Waals surface area (Å²) in [6.07, 6.45) is 0.442. The van der Waals surface area contributed by atoms with Gasteiger partial charge in [-0.1, -0.05) is 48.5 Å². The fourth-order valence-corrected chi connectivity index (χ4v) is 3.15. The fraction of sp³-hybridized carbons (Fsp3) is 0.0556. The number of thiophene rings is 1. The molecule has 1 aromatic heterocycles. The fourth-order valence-electron chi connectivity index (χ4n) is 2.32. The third-order valence-electron chi connectivity index (χ3n) is 3.39. The van der Waals surface area contributed by atoms with Gasteiger partial charge in [-0.2, -0.15) is 5.26 Å². The first-order valence-corrected chi connectivity index (χ1v) is 7.55. The van der Waals surface area contributed by atoms with Crippen LogP contribution in [0.5, 0.6) is 0 Å². The van der Waals surface area contributed by atoms with Crippen LogP contribution in [0.15, 0.2) is 60.0 Å². The third-order valence-corrected chi connectivity index (χ3v) is 4.37. The number of nitrogens with two attached hydrogens (primary N) is 1. The van der Waals surface area contributed by atoms with E-state index in [1.807, 2.05) is 23.6 Å². The molecular weight excluding hydrogens is 276 g/mol. The Bertz CT molecular complexity index is 795. The van der Waals surface area contributed by atoms with Crippen molar-refractivity contribution in [2.75, 3.05) is 5.73 Å². The lowest BCUT2D eigenvalue weighted by molar-refractivity contribution is 1.26. The number of hydrogen-bond acceptors (Lipinski definition) is 3. The van der Waals surface area contributed by atoms with Crippen LogP contribution in [-0.4, -0.2) is 0 Å². The highest BCUT2D eigenvalue weighted by molar-refractivity contribution is 7.14. The summed E-state index contributed by atoms with van der Waals surface area (Å²) in [4.78, 5) is 1.11. The summed E-state index contributed by atoms with van der Waals surface area (Å²) in [5, 5.41) is 10.8. The Labute approximate surface area is 128 Å². The minimum Gasteiger partial charge on any atom is -0.398 e. The van der Waals surface area contributed by atoms with Crippen LogP contribution in [0.25, 0.3) is 21.6 Å². The maximum absolute atomic E-state index is 8.79. The van der Waals surface area contributed by atoms with Gasteiger partial charge in [0.05, 0.1) is 23.1 Å². The molecule has 0 saturated carbocycles. The Balaban J connectivity index is 1.93. The molecule has 0 saturated heterocycles. The van der Waals surface area contributed by atoms with Gasteiger partial charge in [-0.3, -0.25) is 0 Å². The molecule has 0 aliphatic rings. The van der Waals surface area contributed by atoms with E-state index in [1.165, 1.54) is 0 Å². The molecule has 3 heteroatoms. The lowest BCUT2D eigenvalue weighted by Crippen LogP contribution is -1.85. The lowest BCUT2D eigenvalue weighted by Gasteiger charge is -2.05. The number of hydrogen-bond donors (Lipinski definition) is 1. The SMILES string of the molecule is N#CCc1cccc(-c2ccc(-c3sccc3N)cc2)c1. The van der Waals surface area contributed by atoms with Gasteiger partial charge in [-0.05, 0) is 33.7 Å². The summed E-state index contributed by atoms with van der Waals surface area (Å²) >= 11 is 1.65. The summed E-state index contributed by atoms with van der Waals surface area (Å²) in [5.41, 5.74) is 11.2. The highest BCUT2D eigenvalue weighted by atomic mass is 32.1. The number of rotatable bonds is 3. The Kier molecular flexibility index (Phi) is 3.72. The quantitative estimate of drug-likeness (QED) is 0.758. The second kappa shape index (κ2) is 5.82. The molecule has 102 valence electrons. The van der Waals surface area contributed by atoms with Crippen LogP contribution in [-0.2, 0) is 6.42 Å². The predicted octanol–water partition coefficient (Wildman–Crippen LogP) is 4.73. The van der Waals surface area contributed by atoms with Crippen LogP contribution in [0.3, 0.4) is 0 Å². The zero-order valence-corrected chi connectivity index (χ0v) is 12.2. The van der Waals surface area contributed by atoms with Gasteiger partial charge in [0, 0.05) is 0 Å². The van der Waals surface area contributed by atoms with E-state index in [9.17, 15) is 0 Å². The first-order valence-electron chi connectivity index (χ1n) is 6.67. The monoisotopic (exact) mass is 290 g/mol. The van der Waals surface area contributed by atoms with E-state index in [0.717, 1.165) is 32.8 Å². The topological polar surface area (TPSA) is 49.8 Å². The summed E-state index contributed by atoms with van der Waals surface area (Å²) in [7, 11) is 0. The van der Waals surface area contributed by atoms with Gasteiger partial charge in [-0.25, -0.2) is 0 Å². The van der Waals surface area contributed by atoms with Crippen molar-refractivity contribution < 1.29 is 0 Å². The molecule has 0 unspecified atom stereocenters. The van der Waals surface area contributed by atoms with Crippen molar-refractivity contribution >= 4 is 17.0 Å². The van der Waals surface area contributed by atoms with Crippen molar-refractivity contribution in [1.82, 2.24) is 0 Å². The highest BCUT2D eigenvalue weighted by Gasteiger charge is 2.05. The molecule has 2 nitrogen and oxygen atoms in total. The molecule has 21 heavy (non-hydrogen) atoms. The lowest BCUT2D eigenvalue weighted by atomic mass is 10.0. The standard InChI is InChI=1S/C18H14N2S/c19-10-8-13-2-1-3-16(12-13)14-4-6-15(7-5-14)18-17(20)9-11-21-18/h1-7,9,11-12H,8,20H2. The summed E-state index contributed by atoms with van der Waals surface area (Å²) < 4.78 is 0. The smallest absolute Gasteiger partial charge is 0.0669 e. The number of nitrogens with zero attached hydrogens (tertiary/aromatic N) is 1. The molecule has 2 aromatic carbocycles. The minimum atomic E-state index is 0.442. The summed E-state index contributed by atoms with van der Waals surface area (Å²) in [6.45, 7) is 0. The molecule has 0 fully saturated rings. The molecule has 0 bridgehead atoms. The number of benzene rings is 2. The molecule has 0 radical (unpaired) electrons.